The molecule has 1 heterocycles. The molecule has 1 N–H and O–H groups in total. The number of aliphatic carboxylic acids is 1. The molecule has 0 aromatic carbocycles. The van der Waals surface area contributed by atoms with Crippen molar-refractivity contribution in [2.24, 2.45) is 0 Å². The van der Waals surface area contributed by atoms with Gasteiger partial charge in [0.1, 0.15) is 11.4 Å². The molecule has 0 unspecified atom stereocenters. The molecule has 0 fully saturated rings. The van der Waals surface area contributed by atoms with Gasteiger partial charge < -0.3 is 5.11 Å². The highest BCUT2D eigenvalue weighted by molar-refractivity contribution is 5.85. The Labute approximate surface area is 97.5 Å². The van der Waals surface area contributed by atoms with Crippen molar-refractivity contribution in [3.63, 3.8) is 0 Å². The lowest BCUT2D eigenvalue weighted by atomic mass is 10.3. The van der Waals surface area contributed by atoms with Crippen molar-refractivity contribution in [3.05, 3.63) is 33.2 Å². The van der Waals surface area contributed by atoms with E-state index in [1.807, 2.05) is 0 Å². The molecule has 0 aliphatic heterocycles. The van der Waals surface area contributed by atoms with Crippen molar-refractivity contribution >= 4 is 11.7 Å². The van der Waals surface area contributed by atoms with Crippen LogP contribution in [-0.2, 0) is 11.3 Å². The predicted molar refractivity (Wildman–Crippen MR) is 59.7 cm³/mol. The standard InChI is InChI=1S/C10H13N3O4/c1-6(10(14)15)4-5-12-8(3)9(13(16)17)7(2)11-12/h4H,5H2,1-3H3,(H,14,15). The zero-order valence-electron chi connectivity index (χ0n) is 9.80. The van der Waals surface area contributed by atoms with Crippen molar-refractivity contribution in [2.45, 2.75) is 27.3 Å². The molecule has 1 aromatic heterocycles. The van der Waals surface area contributed by atoms with Gasteiger partial charge in [-0.1, -0.05) is 6.08 Å². The highest BCUT2D eigenvalue weighted by atomic mass is 16.6. The zero-order valence-corrected chi connectivity index (χ0v) is 9.80. The summed E-state index contributed by atoms with van der Waals surface area (Å²) in [6.45, 7) is 4.80. The first-order valence-corrected chi connectivity index (χ1v) is 4.93. The van der Waals surface area contributed by atoms with E-state index in [2.05, 4.69) is 5.10 Å². The Kier molecular flexibility index (Phi) is 3.62. The van der Waals surface area contributed by atoms with Gasteiger partial charge in [0, 0.05) is 5.57 Å². The maximum absolute atomic E-state index is 10.7. The summed E-state index contributed by atoms with van der Waals surface area (Å²) in [6.07, 6.45) is 1.46. The fraction of sp³-hybridized carbons (Fsp3) is 0.400. The molecule has 0 bridgehead atoms. The van der Waals surface area contributed by atoms with Gasteiger partial charge in [0.05, 0.1) is 11.5 Å². The molecule has 0 aliphatic rings. The van der Waals surface area contributed by atoms with E-state index in [9.17, 15) is 14.9 Å². The third-order valence-corrected chi connectivity index (χ3v) is 2.43. The Morgan fingerprint density at radius 2 is 2.18 bits per heavy atom. The van der Waals surface area contributed by atoms with Gasteiger partial charge in [0.25, 0.3) is 0 Å². The first kappa shape index (κ1) is 12.9. The molecule has 0 spiro atoms. The van der Waals surface area contributed by atoms with Gasteiger partial charge in [0.15, 0.2) is 0 Å². The number of aromatic nitrogens is 2. The second-order valence-electron chi connectivity index (χ2n) is 3.65. The van der Waals surface area contributed by atoms with E-state index in [-0.39, 0.29) is 17.8 Å². The maximum Gasteiger partial charge on any atom is 0.331 e. The van der Waals surface area contributed by atoms with Gasteiger partial charge >= 0.3 is 11.7 Å². The number of hydrogen-bond donors (Lipinski definition) is 1. The molecule has 92 valence electrons. The molecule has 0 aliphatic carbocycles. The van der Waals surface area contributed by atoms with Crippen LogP contribution in [0.5, 0.6) is 0 Å². The highest BCUT2D eigenvalue weighted by Crippen LogP contribution is 2.21. The van der Waals surface area contributed by atoms with Crippen LogP contribution in [0.1, 0.15) is 18.3 Å². The molecular formula is C10H13N3O4. The quantitative estimate of drug-likeness (QED) is 0.487. The van der Waals surface area contributed by atoms with Gasteiger partial charge in [-0.3, -0.25) is 14.8 Å². The molecule has 7 nitrogen and oxygen atoms in total. The monoisotopic (exact) mass is 239 g/mol. The number of hydrogen-bond acceptors (Lipinski definition) is 4. The second kappa shape index (κ2) is 4.77. The summed E-state index contributed by atoms with van der Waals surface area (Å²) >= 11 is 0. The Morgan fingerprint density at radius 3 is 2.59 bits per heavy atom. The van der Waals surface area contributed by atoms with Gasteiger partial charge in [-0.05, 0) is 20.8 Å². The molecular weight excluding hydrogens is 226 g/mol. The second-order valence-corrected chi connectivity index (χ2v) is 3.65. The van der Waals surface area contributed by atoms with Crippen LogP contribution in [0.4, 0.5) is 5.69 Å². The van der Waals surface area contributed by atoms with Crippen LogP contribution in [0.25, 0.3) is 0 Å². The van der Waals surface area contributed by atoms with E-state index >= 15 is 0 Å². The lowest BCUT2D eigenvalue weighted by molar-refractivity contribution is -0.386. The average molecular weight is 239 g/mol. The van der Waals surface area contributed by atoms with Crippen LogP contribution in [0, 0.1) is 24.0 Å². The smallest absolute Gasteiger partial charge is 0.331 e. The van der Waals surface area contributed by atoms with Crippen molar-refractivity contribution in [1.29, 1.82) is 0 Å². The summed E-state index contributed by atoms with van der Waals surface area (Å²) in [5.74, 6) is -1.01. The zero-order chi connectivity index (χ0) is 13.2. The number of nitrogens with zero attached hydrogens (tertiary/aromatic N) is 3. The van der Waals surface area contributed by atoms with E-state index in [0.717, 1.165) is 0 Å². The first-order chi connectivity index (χ1) is 7.84. The molecule has 1 aromatic rings. The summed E-state index contributed by atoms with van der Waals surface area (Å²) in [4.78, 5) is 20.8. The summed E-state index contributed by atoms with van der Waals surface area (Å²) in [5, 5.41) is 23.4. The minimum atomic E-state index is -1.01. The van der Waals surface area contributed by atoms with E-state index in [4.69, 9.17) is 5.11 Å². The molecule has 17 heavy (non-hydrogen) atoms. The van der Waals surface area contributed by atoms with Crippen LogP contribution >= 0.6 is 0 Å². The normalized spacial score (nSPS) is 11.6. The maximum atomic E-state index is 10.7. The van der Waals surface area contributed by atoms with E-state index in [1.54, 1.807) is 13.8 Å². The number of rotatable bonds is 4. The van der Waals surface area contributed by atoms with Crippen molar-refractivity contribution in [2.75, 3.05) is 0 Å². The Hall–Kier alpha value is -2.18. The molecule has 0 radical (unpaired) electrons. The van der Waals surface area contributed by atoms with Crippen molar-refractivity contribution in [1.82, 2.24) is 9.78 Å². The lowest BCUT2D eigenvalue weighted by Crippen LogP contribution is -2.04. The van der Waals surface area contributed by atoms with Crippen LogP contribution in [0.15, 0.2) is 11.6 Å². The lowest BCUT2D eigenvalue weighted by Gasteiger charge is -1.99. The summed E-state index contributed by atoms with van der Waals surface area (Å²) < 4.78 is 1.42. The van der Waals surface area contributed by atoms with Crippen LogP contribution in [-0.4, -0.2) is 25.8 Å². The predicted octanol–water partition coefficient (Wildman–Crippen LogP) is 1.44. The number of aryl methyl sites for hydroxylation is 1. The average Bonchev–Trinajstić information content (AvgIpc) is 2.50. The van der Waals surface area contributed by atoms with Crippen LogP contribution < -0.4 is 0 Å². The minimum absolute atomic E-state index is 0.0219. The topological polar surface area (TPSA) is 98.3 Å². The number of allylic oxidation sites excluding steroid dienone is 1. The Bertz CT molecular complexity index is 502. The number of carbonyl (C=O) groups is 1. The van der Waals surface area contributed by atoms with Crippen LogP contribution in [0.2, 0.25) is 0 Å². The van der Waals surface area contributed by atoms with Gasteiger partial charge in [-0.15, -0.1) is 0 Å². The summed E-state index contributed by atoms with van der Waals surface area (Å²) in [5.41, 5.74) is 0.905. The van der Waals surface area contributed by atoms with Gasteiger partial charge in [0.2, 0.25) is 0 Å². The van der Waals surface area contributed by atoms with E-state index in [1.165, 1.54) is 17.7 Å². The fourth-order valence-electron chi connectivity index (χ4n) is 1.44. The van der Waals surface area contributed by atoms with E-state index < -0.39 is 10.9 Å². The number of carboxylic acid groups (broad SMARTS) is 1. The highest BCUT2D eigenvalue weighted by Gasteiger charge is 2.21. The van der Waals surface area contributed by atoms with E-state index in [0.29, 0.717) is 11.4 Å². The molecule has 1 rings (SSSR count). The third-order valence-electron chi connectivity index (χ3n) is 2.43. The van der Waals surface area contributed by atoms with Crippen LogP contribution in [0.3, 0.4) is 0 Å². The molecule has 0 saturated carbocycles. The Balaban J connectivity index is 3.02. The molecule has 0 amide bonds. The van der Waals surface area contributed by atoms with Gasteiger partial charge in [-0.2, -0.15) is 5.10 Å². The van der Waals surface area contributed by atoms with Gasteiger partial charge in [-0.25, -0.2) is 4.79 Å². The minimum Gasteiger partial charge on any atom is -0.478 e. The van der Waals surface area contributed by atoms with Crippen molar-refractivity contribution in [3.8, 4) is 0 Å². The molecule has 0 saturated heterocycles. The molecule has 7 heteroatoms. The number of nitro groups is 1. The largest absolute Gasteiger partial charge is 0.478 e. The Morgan fingerprint density at radius 1 is 1.59 bits per heavy atom. The number of carboxylic acids is 1. The summed E-state index contributed by atoms with van der Waals surface area (Å²) in [7, 11) is 0. The first-order valence-electron chi connectivity index (χ1n) is 4.93. The molecule has 0 atom stereocenters. The SMILES string of the molecule is CC(=CCn1nc(C)c([N+](=O)[O-])c1C)C(=O)O. The third kappa shape index (κ3) is 2.68. The van der Waals surface area contributed by atoms with Crippen molar-refractivity contribution < 1.29 is 14.8 Å². The summed E-state index contributed by atoms with van der Waals surface area (Å²) in [6, 6.07) is 0. The fourth-order valence-corrected chi connectivity index (χ4v) is 1.44.